The van der Waals surface area contributed by atoms with E-state index in [9.17, 15) is 0 Å². The molecule has 0 fully saturated rings. The second-order valence-electron chi connectivity index (χ2n) is 3.22. The topological polar surface area (TPSA) is 30.7 Å². The highest BCUT2D eigenvalue weighted by Gasteiger charge is 2.03. The Morgan fingerprint density at radius 2 is 1.67 bits per heavy atom. The SMILES string of the molecule is C=Cc1nn(CCCCCBr)nc1C=C. The predicted octanol–water partition coefficient (Wildman–Crippen LogP) is 3.13. The number of alkyl halides is 1. The van der Waals surface area contributed by atoms with E-state index < -0.39 is 0 Å². The molecular formula is C11H16BrN3. The maximum Gasteiger partial charge on any atom is 0.112 e. The molecule has 0 saturated carbocycles. The van der Waals surface area contributed by atoms with Gasteiger partial charge in [-0.3, -0.25) is 0 Å². The third-order valence-electron chi connectivity index (χ3n) is 2.09. The average Bonchev–Trinajstić information content (AvgIpc) is 2.67. The highest BCUT2D eigenvalue weighted by molar-refractivity contribution is 9.09. The molecule has 0 bridgehead atoms. The maximum atomic E-state index is 4.30. The first-order valence-corrected chi connectivity index (χ1v) is 6.20. The van der Waals surface area contributed by atoms with Crippen molar-refractivity contribution >= 4 is 28.1 Å². The molecule has 0 amide bonds. The molecule has 4 heteroatoms. The van der Waals surface area contributed by atoms with Crippen LogP contribution in [0.2, 0.25) is 0 Å². The van der Waals surface area contributed by atoms with Gasteiger partial charge in [0.1, 0.15) is 11.4 Å². The van der Waals surface area contributed by atoms with Crippen molar-refractivity contribution in [3.05, 3.63) is 24.5 Å². The van der Waals surface area contributed by atoms with E-state index in [4.69, 9.17) is 0 Å². The minimum absolute atomic E-state index is 0.811. The van der Waals surface area contributed by atoms with E-state index in [1.54, 1.807) is 16.9 Å². The number of nitrogens with zero attached hydrogens (tertiary/aromatic N) is 3. The average molecular weight is 270 g/mol. The van der Waals surface area contributed by atoms with Crippen molar-refractivity contribution in [3.8, 4) is 0 Å². The molecule has 0 N–H and O–H groups in total. The van der Waals surface area contributed by atoms with Gasteiger partial charge in [-0.15, -0.1) is 0 Å². The summed E-state index contributed by atoms with van der Waals surface area (Å²) < 4.78 is 0. The fourth-order valence-electron chi connectivity index (χ4n) is 1.29. The summed E-state index contributed by atoms with van der Waals surface area (Å²) in [5.41, 5.74) is 1.62. The van der Waals surface area contributed by atoms with Gasteiger partial charge < -0.3 is 0 Å². The lowest BCUT2D eigenvalue weighted by atomic mass is 10.2. The van der Waals surface area contributed by atoms with Gasteiger partial charge in [0.25, 0.3) is 0 Å². The Bertz CT molecular complexity index is 305. The zero-order valence-corrected chi connectivity index (χ0v) is 10.4. The molecule has 0 radical (unpaired) electrons. The largest absolute Gasteiger partial charge is 0.184 e. The Balaban J connectivity index is 2.51. The van der Waals surface area contributed by atoms with Gasteiger partial charge in [-0.2, -0.15) is 15.0 Å². The molecule has 0 aromatic carbocycles. The highest BCUT2D eigenvalue weighted by atomic mass is 79.9. The van der Waals surface area contributed by atoms with E-state index in [1.807, 2.05) is 0 Å². The van der Waals surface area contributed by atoms with Crippen molar-refractivity contribution in [1.82, 2.24) is 15.0 Å². The molecule has 3 nitrogen and oxygen atoms in total. The van der Waals surface area contributed by atoms with Crippen molar-refractivity contribution in [2.24, 2.45) is 0 Å². The number of aromatic nitrogens is 3. The van der Waals surface area contributed by atoms with Gasteiger partial charge in [-0.05, 0) is 25.0 Å². The van der Waals surface area contributed by atoms with Crippen LogP contribution < -0.4 is 0 Å². The van der Waals surface area contributed by atoms with Crippen LogP contribution in [0.15, 0.2) is 13.2 Å². The molecule has 0 aliphatic rings. The summed E-state index contributed by atoms with van der Waals surface area (Å²) in [6.45, 7) is 8.25. The summed E-state index contributed by atoms with van der Waals surface area (Å²) in [6, 6.07) is 0. The number of hydrogen-bond acceptors (Lipinski definition) is 2. The summed E-state index contributed by atoms with van der Waals surface area (Å²) in [4.78, 5) is 1.72. The maximum absolute atomic E-state index is 4.30. The molecule has 15 heavy (non-hydrogen) atoms. The van der Waals surface area contributed by atoms with Gasteiger partial charge in [-0.1, -0.05) is 35.5 Å². The Morgan fingerprint density at radius 1 is 1.07 bits per heavy atom. The van der Waals surface area contributed by atoms with Crippen LogP contribution in [0.3, 0.4) is 0 Å². The standard InChI is InChI=1S/C11H16BrN3/c1-3-10-11(4-2)14-15(13-10)9-7-5-6-8-12/h3-4H,1-2,5-9H2. The van der Waals surface area contributed by atoms with Crippen molar-refractivity contribution in [1.29, 1.82) is 0 Å². The first kappa shape index (κ1) is 12.2. The lowest BCUT2D eigenvalue weighted by Crippen LogP contribution is -2.02. The monoisotopic (exact) mass is 269 g/mol. The fourth-order valence-corrected chi connectivity index (χ4v) is 1.69. The van der Waals surface area contributed by atoms with Gasteiger partial charge in [0.05, 0.1) is 6.54 Å². The first-order chi connectivity index (χ1) is 7.31. The lowest BCUT2D eigenvalue weighted by Gasteiger charge is -1.97. The Hall–Kier alpha value is -0.900. The first-order valence-electron chi connectivity index (χ1n) is 5.07. The minimum atomic E-state index is 0.811. The molecule has 0 saturated heterocycles. The van der Waals surface area contributed by atoms with Crippen molar-refractivity contribution < 1.29 is 0 Å². The van der Waals surface area contributed by atoms with Gasteiger partial charge in [-0.25, -0.2) is 0 Å². The van der Waals surface area contributed by atoms with Crippen LogP contribution in [0.1, 0.15) is 30.7 Å². The predicted molar refractivity (Wildman–Crippen MR) is 67.8 cm³/mol. The summed E-state index contributed by atoms with van der Waals surface area (Å²) in [5.74, 6) is 0. The third kappa shape index (κ3) is 3.63. The van der Waals surface area contributed by atoms with E-state index >= 15 is 0 Å². The second-order valence-corrected chi connectivity index (χ2v) is 4.02. The Morgan fingerprint density at radius 3 is 2.13 bits per heavy atom. The molecule has 82 valence electrons. The summed E-state index contributed by atoms with van der Waals surface area (Å²) >= 11 is 3.41. The van der Waals surface area contributed by atoms with Crippen LogP contribution in [-0.2, 0) is 6.54 Å². The van der Waals surface area contributed by atoms with Crippen LogP contribution in [-0.4, -0.2) is 20.3 Å². The molecular weight excluding hydrogens is 254 g/mol. The van der Waals surface area contributed by atoms with Gasteiger partial charge in [0.2, 0.25) is 0 Å². The quantitative estimate of drug-likeness (QED) is 0.563. The smallest absolute Gasteiger partial charge is 0.112 e. The lowest BCUT2D eigenvalue weighted by molar-refractivity contribution is 0.496. The van der Waals surface area contributed by atoms with Crippen LogP contribution in [0.25, 0.3) is 12.2 Å². The zero-order valence-electron chi connectivity index (χ0n) is 8.82. The normalized spacial score (nSPS) is 10.2. The van der Waals surface area contributed by atoms with Gasteiger partial charge in [0, 0.05) is 5.33 Å². The van der Waals surface area contributed by atoms with Crippen LogP contribution in [0.4, 0.5) is 0 Å². The van der Waals surface area contributed by atoms with Crippen molar-refractivity contribution in [2.45, 2.75) is 25.8 Å². The number of aryl methyl sites for hydroxylation is 1. The molecule has 0 spiro atoms. The van der Waals surface area contributed by atoms with E-state index in [-0.39, 0.29) is 0 Å². The Labute approximate surface area is 99.0 Å². The zero-order chi connectivity index (χ0) is 11.1. The van der Waals surface area contributed by atoms with E-state index in [2.05, 4.69) is 39.3 Å². The van der Waals surface area contributed by atoms with Gasteiger partial charge in [0.15, 0.2) is 0 Å². The molecule has 0 unspecified atom stereocenters. The number of hydrogen-bond donors (Lipinski definition) is 0. The molecule has 0 aliphatic carbocycles. The van der Waals surface area contributed by atoms with Crippen LogP contribution in [0.5, 0.6) is 0 Å². The van der Waals surface area contributed by atoms with Crippen molar-refractivity contribution in [3.63, 3.8) is 0 Å². The second kappa shape index (κ2) is 6.56. The fraction of sp³-hybridized carbons (Fsp3) is 0.455. The number of rotatable bonds is 7. The minimum Gasteiger partial charge on any atom is -0.184 e. The number of halogens is 1. The molecule has 1 heterocycles. The summed E-state index contributed by atoms with van der Waals surface area (Å²) in [7, 11) is 0. The van der Waals surface area contributed by atoms with Crippen LogP contribution >= 0.6 is 15.9 Å². The molecule has 0 aliphatic heterocycles. The van der Waals surface area contributed by atoms with E-state index in [1.165, 1.54) is 12.8 Å². The molecule has 1 rings (SSSR count). The van der Waals surface area contributed by atoms with E-state index in [0.717, 1.165) is 29.7 Å². The van der Waals surface area contributed by atoms with Gasteiger partial charge >= 0.3 is 0 Å². The van der Waals surface area contributed by atoms with E-state index in [0.29, 0.717) is 0 Å². The number of unbranched alkanes of at least 4 members (excludes halogenated alkanes) is 2. The molecule has 1 aromatic heterocycles. The third-order valence-corrected chi connectivity index (χ3v) is 2.65. The van der Waals surface area contributed by atoms with Crippen molar-refractivity contribution in [2.75, 3.05) is 5.33 Å². The summed E-state index contributed by atoms with van der Waals surface area (Å²) in [5, 5.41) is 9.67. The molecule has 0 atom stereocenters. The highest BCUT2D eigenvalue weighted by Crippen LogP contribution is 2.07. The molecule has 1 aromatic rings. The Kier molecular flexibility index (Phi) is 5.32. The summed E-state index contributed by atoms with van der Waals surface area (Å²) in [6.07, 6.45) is 6.91. The van der Waals surface area contributed by atoms with Crippen LogP contribution in [0, 0.1) is 0 Å².